The van der Waals surface area contributed by atoms with E-state index in [1.165, 1.54) is 16.7 Å². The highest BCUT2D eigenvalue weighted by Gasteiger charge is 2.31. The number of benzene rings is 2. The zero-order valence-corrected chi connectivity index (χ0v) is 16.9. The highest BCUT2D eigenvalue weighted by molar-refractivity contribution is 8.26. The first-order chi connectivity index (χ1) is 13.5. The molecule has 1 amide bonds. The summed E-state index contributed by atoms with van der Waals surface area (Å²) in [6, 6.07) is 15.6. The van der Waals surface area contributed by atoms with Crippen LogP contribution >= 0.6 is 24.0 Å². The van der Waals surface area contributed by atoms with Crippen molar-refractivity contribution in [1.82, 2.24) is 4.90 Å². The molecule has 1 aliphatic heterocycles. The Labute approximate surface area is 173 Å². The van der Waals surface area contributed by atoms with Crippen molar-refractivity contribution in [3.8, 4) is 16.9 Å². The number of rotatable bonds is 7. The van der Waals surface area contributed by atoms with E-state index in [0.717, 1.165) is 22.4 Å². The monoisotopic (exact) mass is 413 g/mol. The molecule has 1 heterocycles. The lowest BCUT2D eigenvalue weighted by atomic mass is 9.99. The first kappa shape index (κ1) is 20.1. The number of carbonyl (C=O) groups is 2. The molecule has 2 aromatic rings. The molecule has 5 nitrogen and oxygen atoms in total. The number of aliphatic carboxylic acids is 1. The second-order valence-electron chi connectivity index (χ2n) is 6.15. The number of hydrogen-bond acceptors (Lipinski definition) is 5. The summed E-state index contributed by atoms with van der Waals surface area (Å²) in [5.74, 6) is -0.300. The Balaban J connectivity index is 1.87. The second-order valence-corrected chi connectivity index (χ2v) is 7.83. The molecule has 0 atom stereocenters. The third-order valence-corrected chi connectivity index (χ3v) is 5.65. The van der Waals surface area contributed by atoms with Crippen LogP contribution < -0.4 is 4.74 Å². The van der Waals surface area contributed by atoms with E-state index in [1.807, 2.05) is 54.6 Å². The minimum absolute atomic E-state index is 0.00871. The molecule has 0 unspecified atom stereocenters. The quantitative estimate of drug-likeness (QED) is 0.535. The van der Waals surface area contributed by atoms with Crippen LogP contribution in [0.3, 0.4) is 0 Å². The van der Waals surface area contributed by atoms with Crippen LogP contribution in [0, 0.1) is 0 Å². The van der Waals surface area contributed by atoms with Gasteiger partial charge in [0, 0.05) is 13.0 Å². The van der Waals surface area contributed by atoms with E-state index >= 15 is 0 Å². The number of carboxylic acids is 1. The average Bonchev–Trinajstić information content (AvgIpc) is 2.95. The van der Waals surface area contributed by atoms with Gasteiger partial charge in [-0.1, -0.05) is 60.4 Å². The zero-order chi connectivity index (χ0) is 20.1. The summed E-state index contributed by atoms with van der Waals surface area (Å²) in [6.07, 6.45) is 2.22. The maximum Gasteiger partial charge on any atom is 0.303 e. The molecule has 0 spiro atoms. The number of methoxy groups -OCH3 is 1. The predicted octanol–water partition coefficient (Wildman–Crippen LogP) is 4.43. The first-order valence-corrected chi connectivity index (χ1v) is 9.92. The van der Waals surface area contributed by atoms with Gasteiger partial charge in [-0.15, -0.1) is 0 Å². The van der Waals surface area contributed by atoms with E-state index in [1.54, 1.807) is 7.11 Å². The summed E-state index contributed by atoms with van der Waals surface area (Å²) in [5, 5.41) is 8.78. The van der Waals surface area contributed by atoms with Crippen molar-refractivity contribution < 1.29 is 19.4 Å². The van der Waals surface area contributed by atoms with Crippen molar-refractivity contribution in [2.75, 3.05) is 13.7 Å². The first-order valence-electron chi connectivity index (χ1n) is 8.70. The Morgan fingerprint density at radius 1 is 1.25 bits per heavy atom. The predicted molar refractivity (Wildman–Crippen MR) is 115 cm³/mol. The minimum atomic E-state index is -0.881. The minimum Gasteiger partial charge on any atom is -0.497 e. The van der Waals surface area contributed by atoms with E-state index in [-0.39, 0.29) is 12.3 Å². The maximum absolute atomic E-state index is 12.7. The van der Waals surface area contributed by atoms with E-state index in [2.05, 4.69) is 0 Å². The largest absolute Gasteiger partial charge is 0.497 e. The number of hydrogen-bond donors (Lipinski definition) is 1. The molecule has 0 aliphatic carbocycles. The van der Waals surface area contributed by atoms with Gasteiger partial charge >= 0.3 is 5.97 Å². The molecule has 0 radical (unpaired) electrons. The zero-order valence-electron chi connectivity index (χ0n) is 15.3. The molecule has 7 heteroatoms. The van der Waals surface area contributed by atoms with Gasteiger partial charge in [-0.25, -0.2) is 0 Å². The summed E-state index contributed by atoms with van der Waals surface area (Å²) >= 11 is 6.56. The van der Waals surface area contributed by atoms with Gasteiger partial charge in [-0.05, 0) is 41.3 Å². The van der Waals surface area contributed by atoms with Crippen LogP contribution in [-0.2, 0) is 9.59 Å². The topological polar surface area (TPSA) is 66.8 Å². The Bertz CT molecular complexity index is 955. The molecule has 2 aromatic carbocycles. The van der Waals surface area contributed by atoms with Crippen LogP contribution in [0.15, 0.2) is 53.4 Å². The van der Waals surface area contributed by atoms with Gasteiger partial charge in [0.05, 0.1) is 12.0 Å². The Morgan fingerprint density at radius 3 is 2.79 bits per heavy atom. The lowest BCUT2D eigenvalue weighted by molar-refractivity contribution is -0.137. The molecule has 0 bridgehead atoms. The SMILES string of the molecule is COc1cccc(-c2ccccc2/C=C2\SC(=S)N(CCCC(=O)O)C2=O)c1. The van der Waals surface area contributed by atoms with Crippen LogP contribution in [0.2, 0.25) is 0 Å². The number of thiocarbonyl (C=S) groups is 1. The third-order valence-electron chi connectivity index (χ3n) is 4.27. The number of ether oxygens (including phenoxy) is 1. The number of carbonyl (C=O) groups excluding carboxylic acids is 1. The number of amides is 1. The van der Waals surface area contributed by atoms with Crippen molar-refractivity contribution in [3.05, 3.63) is 59.0 Å². The van der Waals surface area contributed by atoms with Crippen LogP contribution in [0.5, 0.6) is 5.75 Å². The molecule has 1 fully saturated rings. The lowest BCUT2D eigenvalue weighted by Gasteiger charge is -2.13. The standard InChI is InChI=1S/C21H19NO4S2/c1-26-16-8-4-7-14(12-16)17-9-3-2-6-15(17)13-18-20(25)22(21(27)28-18)11-5-10-19(23)24/h2-4,6-9,12-13H,5,10-11H2,1H3,(H,23,24)/b18-13-. The summed E-state index contributed by atoms with van der Waals surface area (Å²) in [7, 11) is 1.63. The van der Waals surface area contributed by atoms with E-state index in [9.17, 15) is 9.59 Å². The van der Waals surface area contributed by atoms with Crippen LogP contribution in [0.1, 0.15) is 18.4 Å². The Morgan fingerprint density at radius 2 is 2.04 bits per heavy atom. The average molecular weight is 414 g/mol. The molecule has 0 saturated carbocycles. The van der Waals surface area contributed by atoms with Crippen molar-refractivity contribution in [3.63, 3.8) is 0 Å². The fourth-order valence-corrected chi connectivity index (χ4v) is 4.20. The van der Waals surface area contributed by atoms with Gasteiger partial charge in [0.2, 0.25) is 0 Å². The highest BCUT2D eigenvalue weighted by Crippen LogP contribution is 2.35. The van der Waals surface area contributed by atoms with Crippen molar-refractivity contribution in [1.29, 1.82) is 0 Å². The van der Waals surface area contributed by atoms with Crippen LogP contribution in [0.4, 0.5) is 0 Å². The second kappa shape index (κ2) is 9.03. The fourth-order valence-electron chi connectivity index (χ4n) is 2.90. The molecule has 3 rings (SSSR count). The molecule has 1 aliphatic rings. The Kier molecular flexibility index (Phi) is 6.49. The van der Waals surface area contributed by atoms with Gasteiger partial charge < -0.3 is 9.84 Å². The third kappa shape index (κ3) is 4.61. The van der Waals surface area contributed by atoms with Crippen molar-refractivity contribution in [2.45, 2.75) is 12.8 Å². The lowest BCUT2D eigenvalue weighted by Crippen LogP contribution is -2.29. The molecule has 0 aromatic heterocycles. The summed E-state index contributed by atoms with van der Waals surface area (Å²) < 4.78 is 5.77. The van der Waals surface area contributed by atoms with Crippen molar-refractivity contribution >= 4 is 46.3 Å². The molecular weight excluding hydrogens is 394 g/mol. The van der Waals surface area contributed by atoms with E-state index < -0.39 is 5.97 Å². The summed E-state index contributed by atoms with van der Waals surface area (Å²) in [4.78, 5) is 25.4. The van der Waals surface area contributed by atoms with Gasteiger partial charge in [0.15, 0.2) is 0 Å². The van der Waals surface area contributed by atoms with Gasteiger partial charge in [0.1, 0.15) is 10.1 Å². The molecular formula is C21H19NO4S2. The smallest absolute Gasteiger partial charge is 0.303 e. The summed E-state index contributed by atoms with van der Waals surface area (Å²) in [5.41, 5.74) is 2.88. The molecule has 144 valence electrons. The number of thioether (sulfide) groups is 1. The molecule has 28 heavy (non-hydrogen) atoms. The highest BCUT2D eigenvalue weighted by atomic mass is 32.2. The summed E-state index contributed by atoms with van der Waals surface area (Å²) in [6.45, 7) is 0.311. The van der Waals surface area contributed by atoms with Crippen LogP contribution in [-0.4, -0.2) is 39.9 Å². The van der Waals surface area contributed by atoms with E-state index in [0.29, 0.717) is 22.2 Å². The molecule has 1 N–H and O–H groups in total. The van der Waals surface area contributed by atoms with E-state index in [4.69, 9.17) is 22.1 Å². The van der Waals surface area contributed by atoms with Gasteiger partial charge in [-0.3, -0.25) is 14.5 Å². The Hall–Kier alpha value is -2.64. The van der Waals surface area contributed by atoms with Crippen LogP contribution in [0.25, 0.3) is 17.2 Å². The van der Waals surface area contributed by atoms with Gasteiger partial charge in [-0.2, -0.15) is 0 Å². The number of nitrogens with zero attached hydrogens (tertiary/aromatic N) is 1. The maximum atomic E-state index is 12.7. The molecule has 1 saturated heterocycles. The fraction of sp³-hybridized carbons (Fsp3) is 0.190. The van der Waals surface area contributed by atoms with Crippen molar-refractivity contribution in [2.24, 2.45) is 0 Å². The van der Waals surface area contributed by atoms with Gasteiger partial charge in [0.25, 0.3) is 5.91 Å². The normalized spacial score (nSPS) is 15.3. The number of carboxylic acid groups (broad SMARTS) is 1.